The number of nitrogens with one attached hydrogen (secondary N) is 2. The molecule has 2 rings (SSSR count). The summed E-state index contributed by atoms with van der Waals surface area (Å²) in [6.07, 6.45) is 3.24. The van der Waals surface area contributed by atoms with E-state index in [9.17, 15) is 5.11 Å². The minimum Gasteiger partial charge on any atom is -0.396 e. The van der Waals surface area contributed by atoms with Gasteiger partial charge in [-0.05, 0) is 45.2 Å². The van der Waals surface area contributed by atoms with Crippen molar-refractivity contribution in [2.75, 3.05) is 44.2 Å². The molecule has 5 heteroatoms. The zero-order valence-electron chi connectivity index (χ0n) is 15.1. The van der Waals surface area contributed by atoms with Gasteiger partial charge in [0.05, 0.1) is 13.2 Å². The van der Waals surface area contributed by atoms with E-state index in [0.29, 0.717) is 6.54 Å². The fourth-order valence-corrected chi connectivity index (χ4v) is 2.72. The zero-order chi connectivity index (χ0) is 17.3. The molecule has 5 nitrogen and oxygen atoms in total. The van der Waals surface area contributed by atoms with Crippen molar-refractivity contribution in [3.05, 3.63) is 30.3 Å². The highest BCUT2D eigenvalue weighted by atomic mass is 16.3. The summed E-state index contributed by atoms with van der Waals surface area (Å²) in [6.45, 7) is 9.00. The molecule has 0 heterocycles. The van der Waals surface area contributed by atoms with Crippen LogP contribution in [0.5, 0.6) is 0 Å². The van der Waals surface area contributed by atoms with Gasteiger partial charge in [0.1, 0.15) is 0 Å². The Balaban J connectivity index is 1.74. The van der Waals surface area contributed by atoms with Crippen LogP contribution in [0.3, 0.4) is 0 Å². The van der Waals surface area contributed by atoms with Gasteiger partial charge in [0.25, 0.3) is 0 Å². The topological polar surface area (TPSA) is 59.9 Å². The van der Waals surface area contributed by atoms with Gasteiger partial charge in [-0.3, -0.25) is 4.99 Å². The third-order valence-corrected chi connectivity index (χ3v) is 4.61. The maximum atomic E-state index is 9.39. The molecular formula is C19H32N4O. The molecular weight excluding hydrogens is 300 g/mol. The van der Waals surface area contributed by atoms with E-state index in [2.05, 4.69) is 64.7 Å². The summed E-state index contributed by atoms with van der Waals surface area (Å²) >= 11 is 0. The van der Waals surface area contributed by atoms with Crippen molar-refractivity contribution in [3.8, 4) is 0 Å². The SMILES string of the molecule is CCNC(=NCC1(CO)CC1)NCCCN(CC)c1ccccc1. The maximum Gasteiger partial charge on any atom is 0.191 e. The summed E-state index contributed by atoms with van der Waals surface area (Å²) in [4.78, 5) is 7.02. The standard InChI is InChI=1S/C19H32N4O/c1-3-20-18(22-15-19(16-24)11-12-19)21-13-8-14-23(4-2)17-9-6-5-7-10-17/h5-7,9-10,24H,3-4,8,11-16H2,1-2H3,(H2,20,21,22). The summed E-state index contributed by atoms with van der Waals surface area (Å²) in [7, 11) is 0. The van der Waals surface area contributed by atoms with E-state index in [0.717, 1.165) is 51.4 Å². The predicted molar refractivity (Wildman–Crippen MR) is 102 cm³/mol. The molecule has 0 bridgehead atoms. The van der Waals surface area contributed by atoms with Crippen LogP contribution in [0.1, 0.15) is 33.1 Å². The summed E-state index contributed by atoms with van der Waals surface area (Å²) in [6, 6.07) is 10.5. The van der Waals surface area contributed by atoms with Crippen molar-refractivity contribution in [1.82, 2.24) is 10.6 Å². The largest absolute Gasteiger partial charge is 0.396 e. The van der Waals surface area contributed by atoms with Crippen LogP contribution in [0.2, 0.25) is 0 Å². The van der Waals surface area contributed by atoms with Crippen LogP contribution in [0.4, 0.5) is 5.69 Å². The number of hydrogen-bond donors (Lipinski definition) is 3. The molecule has 0 unspecified atom stereocenters. The highest BCUT2D eigenvalue weighted by Crippen LogP contribution is 2.45. The second kappa shape index (κ2) is 9.52. The molecule has 0 aromatic heterocycles. The number of rotatable bonds is 10. The first-order valence-electron chi connectivity index (χ1n) is 9.16. The first-order valence-corrected chi connectivity index (χ1v) is 9.16. The van der Waals surface area contributed by atoms with Gasteiger partial charge >= 0.3 is 0 Å². The molecule has 0 aliphatic heterocycles. The molecule has 1 aliphatic rings. The molecule has 1 aromatic carbocycles. The molecule has 3 N–H and O–H groups in total. The Morgan fingerprint density at radius 3 is 2.54 bits per heavy atom. The van der Waals surface area contributed by atoms with Crippen molar-refractivity contribution in [3.63, 3.8) is 0 Å². The van der Waals surface area contributed by atoms with Crippen LogP contribution in [-0.4, -0.2) is 50.4 Å². The monoisotopic (exact) mass is 332 g/mol. The number of nitrogens with zero attached hydrogens (tertiary/aromatic N) is 2. The van der Waals surface area contributed by atoms with Gasteiger partial charge in [-0.1, -0.05) is 18.2 Å². The van der Waals surface area contributed by atoms with E-state index in [-0.39, 0.29) is 12.0 Å². The highest BCUT2D eigenvalue weighted by molar-refractivity contribution is 5.79. The first kappa shape index (κ1) is 18.6. The zero-order valence-corrected chi connectivity index (χ0v) is 15.1. The molecule has 1 saturated carbocycles. The lowest BCUT2D eigenvalue weighted by molar-refractivity contribution is 0.217. The lowest BCUT2D eigenvalue weighted by atomic mass is 10.1. The number of aliphatic hydroxyl groups excluding tert-OH is 1. The number of benzene rings is 1. The Morgan fingerprint density at radius 2 is 1.96 bits per heavy atom. The first-order chi connectivity index (χ1) is 11.7. The van der Waals surface area contributed by atoms with Gasteiger partial charge in [0.15, 0.2) is 5.96 Å². The van der Waals surface area contributed by atoms with E-state index < -0.39 is 0 Å². The molecule has 1 fully saturated rings. The molecule has 1 aromatic rings. The van der Waals surface area contributed by atoms with Crippen LogP contribution < -0.4 is 15.5 Å². The van der Waals surface area contributed by atoms with Crippen molar-refractivity contribution in [2.45, 2.75) is 33.1 Å². The molecule has 0 amide bonds. The lowest BCUT2D eigenvalue weighted by Gasteiger charge is -2.23. The van der Waals surface area contributed by atoms with Gasteiger partial charge < -0.3 is 20.6 Å². The second-order valence-corrected chi connectivity index (χ2v) is 6.55. The van der Waals surface area contributed by atoms with E-state index in [1.807, 2.05) is 0 Å². The van der Waals surface area contributed by atoms with Gasteiger partial charge in [-0.2, -0.15) is 0 Å². The van der Waals surface area contributed by atoms with Gasteiger partial charge in [0, 0.05) is 37.3 Å². The predicted octanol–water partition coefficient (Wildman–Crippen LogP) is 2.23. The molecule has 1 aliphatic carbocycles. The van der Waals surface area contributed by atoms with Crippen molar-refractivity contribution in [2.24, 2.45) is 10.4 Å². The Hall–Kier alpha value is -1.75. The summed E-state index contributed by atoms with van der Waals surface area (Å²) in [5.41, 5.74) is 1.34. The van der Waals surface area contributed by atoms with Crippen LogP contribution >= 0.6 is 0 Å². The summed E-state index contributed by atoms with van der Waals surface area (Å²) < 4.78 is 0. The number of para-hydroxylation sites is 1. The van der Waals surface area contributed by atoms with Crippen LogP contribution in [0.15, 0.2) is 35.3 Å². The maximum absolute atomic E-state index is 9.39. The molecule has 0 saturated heterocycles. The third kappa shape index (κ3) is 5.71. The number of guanidine groups is 1. The molecule has 24 heavy (non-hydrogen) atoms. The van der Waals surface area contributed by atoms with E-state index in [4.69, 9.17) is 0 Å². The van der Waals surface area contributed by atoms with E-state index >= 15 is 0 Å². The van der Waals surface area contributed by atoms with Gasteiger partial charge in [-0.15, -0.1) is 0 Å². The Bertz CT molecular complexity index is 499. The van der Waals surface area contributed by atoms with Crippen LogP contribution in [0.25, 0.3) is 0 Å². The van der Waals surface area contributed by atoms with Gasteiger partial charge in [0.2, 0.25) is 0 Å². The molecule has 0 atom stereocenters. The smallest absolute Gasteiger partial charge is 0.191 e. The lowest BCUT2D eigenvalue weighted by Crippen LogP contribution is -2.39. The average Bonchev–Trinajstić information content (AvgIpc) is 3.41. The van der Waals surface area contributed by atoms with Crippen molar-refractivity contribution >= 4 is 11.6 Å². The van der Waals surface area contributed by atoms with E-state index in [1.54, 1.807) is 0 Å². The van der Waals surface area contributed by atoms with Gasteiger partial charge in [-0.25, -0.2) is 0 Å². The number of anilines is 1. The normalized spacial score (nSPS) is 15.9. The van der Waals surface area contributed by atoms with E-state index in [1.165, 1.54) is 5.69 Å². The number of aliphatic hydroxyl groups is 1. The Labute approximate surface area is 146 Å². The summed E-state index contributed by atoms with van der Waals surface area (Å²) in [5, 5.41) is 16.1. The fourth-order valence-electron chi connectivity index (χ4n) is 2.72. The minimum absolute atomic E-state index is 0.0642. The third-order valence-electron chi connectivity index (χ3n) is 4.61. The Morgan fingerprint density at radius 1 is 1.21 bits per heavy atom. The molecule has 0 spiro atoms. The second-order valence-electron chi connectivity index (χ2n) is 6.55. The van der Waals surface area contributed by atoms with Crippen LogP contribution in [-0.2, 0) is 0 Å². The minimum atomic E-state index is 0.0642. The fraction of sp³-hybridized carbons (Fsp3) is 0.632. The number of aliphatic imine (C=N–C) groups is 1. The number of hydrogen-bond acceptors (Lipinski definition) is 3. The quantitative estimate of drug-likeness (QED) is 0.349. The average molecular weight is 332 g/mol. The highest BCUT2D eigenvalue weighted by Gasteiger charge is 2.41. The van der Waals surface area contributed by atoms with Crippen molar-refractivity contribution < 1.29 is 5.11 Å². The van der Waals surface area contributed by atoms with Crippen molar-refractivity contribution in [1.29, 1.82) is 0 Å². The van der Waals surface area contributed by atoms with Crippen LogP contribution in [0, 0.1) is 5.41 Å². The molecule has 134 valence electrons. The molecule has 0 radical (unpaired) electrons. The Kier molecular flexibility index (Phi) is 7.37. The summed E-state index contributed by atoms with van der Waals surface area (Å²) in [5.74, 6) is 0.861.